The highest BCUT2D eigenvalue weighted by Crippen LogP contribution is 2.49. The molecule has 51 heavy (non-hydrogen) atoms. The highest BCUT2D eigenvalue weighted by Gasteiger charge is 2.36. The maximum atomic E-state index is 14.7. The number of halogens is 3. The minimum absolute atomic E-state index is 0.184. The zero-order valence-corrected chi connectivity index (χ0v) is 27.1. The van der Waals surface area contributed by atoms with Crippen molar-refractivity contribution >= 4 is 65.0 Å². The van der Waals surface area contributed by atoms with Gasteiger partial charge in [0.25, 0.3) is 0 Å². The zero-order valence-electron chi connectivity index (χ0n) is 27.1. The Morgan fingerprint density at radius 3 is 1.35 bits per heavy atom. The number of hydrogen-bond donors (Lipinski definition) is 0. The summed E-state index contributed by atoms with van der Waals surface area (Å²) in [5.74, 6) is 0. The molecule has 9 aromatic carbocycles. The molecule has 0 spiro atoms. The summed E-state index contributed by atoms with van der Waals surface area (Å²) < 4.78 is 50.6. The fourth-order valence-electron chi connectivity index (χ4n) is 8.27. The van der Waals surface area contributed by atoms with Gasteiger partial charge in [0.2, 0.25) is 0 Å². The topological polar surface area (TPSA) is 13.1 Å². The van der Waals surface area contributed by atoms with Crippen LogP contribution in [0.3, 0.4) is 0 Å². The molecule has 0 saturated heterocycles. The number of alkyl halides is 3. The lowest BCUT2D eigenvalue weighted by Gasteiger charge is -2.19. The smallest absolute Gasteiger partial charge is 0.417 e. The van der Waals surface area contributed by atoms with E-state index in [0.717, 1.165) is 49.4 Å². The lowest BCUT2D eigenvalue weighted by atomic mass is 9.85. The quantitative estimate of drug-likeness (QED) is 0.171. The molecule has 0 N–H and O–H groups in total. The maximum absolute atomic E-state index is 14.7. The van der Waals surface area contributed by atoms with E-state index in [1.165, 1.54) is 21.9 Å². The molecule has 1 heterocycles. The highest BCUT2D eigenvalue weighted by atomic mass is 19.4. The van der Waals surface area contributed by atoms with Gasteiger partial charge in [-0.05, 0) is 94.7 Å². The Kier molecular flexibility index (Phi) is 6.40. The van der Waals surface area contributed by atoms with E-state index in [4.69, 9.17) is 4.42 Å². The molecule has 0 unspecified atom stereocenters. The number of furan rings is 1. The Hall–Kier alpha value is -6.39. The van der Waals surface area contributed by atoms with E-state index in [0.29, 0.717) is 16.4 Å². The molecule has 0 saturated carbocycles. The zero-order chi connectivity index (χ0) is 34.3. The van der Waals surface area contributed by atoms with E-state index in [9.17, 15) is 13.2 Å². The largest absolute Gasteiger partial charge is 0.456 e. The van der Waals surface area contributed by atoms with Crippen LogP contribution in [0.15, 0.2) is 168 Å². The number of benzene rings is 9. The van der Waals surface area contributed by atoms with Crippen molar-refractivity contribution in [3.8, 4) is 33.4 Å². The molecule has 0 radical (unpaired) electrons. The molecule has 0 fully saturated rings. The maximum Gasteiger partial charge on any atom is 0.417 e. The van der Waals surface area contributed by atoms with Crippen LogP contribution in [0.5, 0.6) is 0 Å². The SMILES string of the molecule is FC(F)(F)c1c2ccccc2c(-c2cccc3oc4cc(-c5c6ccccc6c(-c6ccccc6)c6ccccc56)ccc4c23)c2ccccc12. The van der Waals surface area contributed by atoms with Gasteiger partial charge in [-0.1, -0.05) is 146 Å². The first-order chi connectivity index (χ1) is 25.0. The van der Waals surface area contributed by atoms with Gasteiger partial charge in [0, 0.05) is 10.8 Å². The van der Waals surface area contributed by atoms with Crippen molar-refractivity contribution in [1.82, 2.24) is 0 Å². The third kappa shape index (κ3) is 4.43. The number of fused-ring (bicyclic) bond motifs is 7. The molecule has 10 aromatic rings. The average Bonchev–Trinajstić information content (AvgIpc) is 3.54. The van der Waals surface area contributed by atoms with Crippen LogP contribution in [-0.4, -0.2) is 0 Å². The Labute approximate surface area is 290 Å². The summed E-state index contributed by atoms with van der Waals surface area (Å²) in [5, 5.41) is 7.90. The van der Waals surface area contributed by atoms with Crippen LogP contribution in [0.25, 0.3) is 98.4 Å². The van der Waals surface area contributed by atoms with Gasteiger partial charge in [0.15, 0.2) is 0 Å². The molecule has 1 nitrogen and oxygen atoms in total. The van der Waals surface area contributed by atoms with Crippen molar-refractivity contribution in [2.24, 2.45) is 0 Å². The lowest BCUT2D eigenvalue weighted by molar-refractivity contribution is -0.135. The third-order valence-corrected chi connectivity index (χ3v) is 10.3. The second-order valence-corrected chi connectivity index (χ2v) is 13.0. The van der Waals surface area contributed by atoms with Gasteiger partial charge in [-0.25, -0.2) is 0 Å². The molecule has 0 atom stereocenters. The van der Waals surface area contributed by atoms with Crippen LogP contribution < -0.4 is 0 Å². The van der Waals surface area contributed by atoms with E-state index in [-0.39, 0.29) is 10.8 Å². The minimum Gasteiger partial charge on any atom is -0.456 e. The Morgan fingerprint density at radius 1 is 0.353 bits per heavy atom. The van der Waals surface area contributed by atoms with Gasteiger partial charge in [-0.2, -0.15) is 13.2 Å². The van der Waals surface area contributed by atoms with Crippen LogP contribution in [-0.2, 0) is 6.18 Å². The van der Waals surface area contributed by atoms with Crippen molar-refractivity contribution in [1.29, 1.82) is 0 Å². The molecule has 242 valence electrons. The van der Waals surface area contributed by atoms with Gasteiger partial charge in [-0.15, -0.1) is 0 Å². The van der Waals surface area contributed by atoms with Crippen molar-refractivity contribution in [2.75, 3.05) is 0 Å². The molecule has 0 aliphatic heterocycles. The van der Waals surface area contributed by atoms with E-state index < -0.39 is 11.7 Å². The predicted octanol–water partition coefficient (Wildman–Crippen LogP) is 14.2. The van der Waals surface area contributed by atoms with Crippen LogP contribution in [0.2, 0.25) is 0 Å². The molecular formula is C47H27F3O. The molecule has 4 heteroatoms. The second-order valence-electron chi connectivity index (χ2n) is 13.0. The van der Waals surface area contributed by atoms with E-state index in [1.807, 2.05) is 24.3 Å². The summed E-state index contributed by atoms with van der Waals surface area (Å²) >= 11 is 0. The van der Waals surface area contributed by atoms with Crippen molar-refractivity contribution in [3.05, 3.63) is 169 Å². The molecule has 1 aromatic heterocycles. The summed E-state index contributed by atoms with van der Waals surface area (Å²) in [4.78, 5) is 0. The van der Waals surface area contributed by atoms with Gasteiger partial charge >= 0.3 is 6.18 Å². The van der Waals surface area contributed by atoms with Gasteiger partial charge in [-0.3, -0.25) is 0 Å². The Bertz CT molecular complexity index is 2890. The fraction of sp³-hybridized carbons (Fsp3) is 0.0213. The fourth-order valence-corrected chi connectivity index (χ4v) is 8.27. The van der Waals surface area contributed by atoms with Gasteiger partial charge in [0.1, 0.15) is 11.2 Å². The first-order valence-corrected chi connectivity index (χ1v) is 16.9. The summed E-state index contributed by atoms with van der Waals surface area (Å²) in [7, 11) is 0. The minimum atomic E-state index is -4.52. The number of rotatable bonds is 3. The Morgan fingerprint density at radius 2 is 0.824 bits per heavy atom. The first-order valence-electron chi connectivity index (χ1n) is 16.9. The normalized spacial score (nSPS) is 12.2. The third-order valence-electron chi connectivity index (χ3n) is 10.3. The van der Waals surface area contributed by atoms with E-state index in [1.54, 1.807) is 48.5 Å². The second kappa shape index (κ2) is 11.1. The van der Waals surface area contributed by atoms with Gasteiger partial charge < -0.3 is 4.42 Å². The van der Waals surface area contributed by atoms with Crippen LogP contribution in [0.1, 0.15) is 5.56 Å². The molecule has 10 rings (SSSR count). The highest BCUT2D eigenvalue weighted by molar-refractivity contribution is 6.24. The lowest BCUT2D eigenvalue weighted by Crippen LogP contribution is -2.07. The van der Waals surface area contributed by atoms with Crippen LogP contribution >= 0.6 is 0 Å². The van der Waals surface area contributed by atoms with Crippen LogP contribution in [0, 0.1) is 0 Å². The summed E-state index contributed by atoms with van der Waals surface area (Å²) in [6.07, 6.45) is -4.52. The first kappa shape index (κ1) is 29.5. The van der Waals surface area contributed by atoms with Crippen molar-refractivity contribution in [2.45, 2.75) is 6.18 Å². The van der Waals surface area contributed by atoms with Gasteiger partial charge in [0.05, 0.1) is 5.56 Å². The summed E-state index contributed by atoms with van der Waals surface area (Å²) in [6, 6.07) is 53.5. The standard InChI is InChI=1S/C47H27F3O/c48-47(49,50)46-36-21-10-8-19-34(36)44(35-20-9-11-22-37(35)46)39-23-12-24-40-45(39)38-26-25-29(27-41(38)51-40)43-32-17-6-4-15-30(32)42(28-13-2-1-3-14-28)31-16-5-7-18-33(31)43/h1-27H. The summed E-state index contributed by atoms with van der Waals surface area (Å²) in [5.41, 5.74) is 6.92. The van der Waals surface area contributed by atoms with E-state index >= 15 is 0 Å². The predicted molar refractivity (Wildman–Crippen MR) is 205 cm³/mol. The molecule has 0 amide bonds. The Balaban J connectivity index is 1.26. The van der Waals surface area contributed by atoms with Crippen molar-refractivity contribution in [3.63, 3.8) is 0 Å². The molecule has 0 bridgehead atoms. The monoisotopic (exact) mass is 664 g/mol. The summed E-state index contributed by atoms with van der Waals surface area (Å²) in [6.45, 7) is 0. The van der Waals surface area contributed by atoms with E-state index in [2.05, 4.69) is 91.0 Å². The molecule has 0 aliphatic carbocycles. The average molecular weight is 665 g/mol. The van der Waals surface area contributed by atoms with Crippen molar-refractivity contribution < 1.29 is 17.6 Å². The number of hydrogen-bond acceptors (Lipinski definition) is 1. The molecule has 0 aliphatic rings. The van der Waals surface area contributed by atoms with Crippen LogP contribution in [0.4, 0.5) is 13.2 Å². The molecular weight excluding hydrogens is 638 g/mol.